The highest BCUT2D eigenvalue weighted by Crippen LogP contribution is 2.10. The van der Waals surface area contributed by atoms with E-state index >= 15 is 0 Å². The molecule has 11 heteroatoms. The van der Waals surface area contributed by atoms with Gasteiger partial charge in [0.2, 0.25) is 11.8 Å². The van der Waals surface area contributed by atoms with Crippen LogP contribution in [0.25, 0.3) is 0 Å². The van der Waals surface area contributed by atoms with Crippen LogP contribution in [-0.4, -0.2) is 66.2 Å². The lowest BCUT2D eigenvalue weighted by Crippen LogP contribution is -2.53. The van der Waals surface area contributed by atoms with Gasteiger partial charge in [-0.05, 0) is 53.4 Å². The molecule has 0 saturated carbocycles. The molecule has 0 aromatic heterocycles. The highest BCUT2D eigenvalue weighted by atomic mass is 16.6. The SMILES string of the molecule is CC(C)[C@H](NC(=O)OC(C)(C)C)C(=O)NCC(=O)CNC(=O)[C@@H](NC(=O)OC(C)(C)C)C(C)C. The third-order valence-corrected chi connectivity index (χ3v) is 4.16. The number of ether oxygens (including phenoxy) is 2. The molecule has 0 rings (SSSR count). The van der Waals surface area contributed by atoms with E-state index in [1.54, 1.807) is 69.2 Å². The van der Waals surface area contributed by atoms with Crippen molar-refractivity contribution in [1.82, 2.24) is 21.3 Å². The minimum Gasteiger partial charge on any atom is -0.444 e. The largest absolute Gasteiger partial charge is 0.444 e. The molecule has 0 aromatic rings. The summed E-state index contributed by atoms with van der Waals surface area (Å²) in [6, 6.07) is -1.80. The van der Waals surface area contributed by atoms with Gasteiger partial charge >= 0.3 is 12.2 Å². The van der Waals surface area contributed by atoms with E-state index in [-0.39, 0.29) is 24.9 Å². The van der Waals surface area contributed by atoms with E-state index in [0.717, 1.165) is 0 Å². The Morgan fingerprint density at radius 3 is 1.15 bits per heavy atom. The first-order valence-corrected chi connectivity index (χ1v) is 11.4. The summed E-state index contributed by atoms with van der Waals surface area (Å²) >= 11 is 0. The molecule has 0 saturated heterocycles. The van der Waals surface area contributed by atoms with Gasteiger partial charge in [-0.3, -0.25) is 14.4 Å². The Bertz CT molecular complexity index is 677. The van der Waals surface area contributed by atoms with Gasteiger partial charge in [0.1, 0.15) is 23.3 Å². The second kappa shape index (κ2) is 13.1. The number of carbonyl (C=O) groups excluding carboxylic acids is 5. The van der Waals surface area contributed by atoms with Crippen molar-refractivity contribution in [2.45, 2.75) is 92.5 Å². The summed E-state index contributed by atoms with van der Waals surface area (Å²) in [5, 5.41) is 9.94. The van der Waals surface area contributed by atoms with Crippen LogP contribution in [0.5, 0.6) is 0 Å². The van der Waals surface area contributed by atoms with Crippen molar-refractivity contribution in [3.05, 3.63) is 0 Å². The molecule has 0 heterocycles. The number of ketones is 1. The smallest absolute Gasteiger partial charge is 0.408 e. The predicted octanol–water partition coefficient (Wildman–Crippen LogP) is 1.89. The molecule has 0 bridgehead atoms. The molecule has 34 heavy (non-hydrogen) atoms. The minimum atomic E-state index is -0.902. The normalized spacial score (nSPS) is 13.5. The van der Waals surface area contributed by atoms with E-state index in [1.165, 1.54) is 0 Å². The Morgan fingerprint density at radius 1 is 0.618 bits per heavy atom. The number of nitrogens with one attached hydrogen (secondary N) is 4. The fourth-order valence-corrected chi connectivity index (χ4v) is 2.59. The molecule has 0 aromatic carbocycles. The average Bonchev–Trinajstić information content (AvgIpc) is 2.63. The molecule has 0 spiro atoms. The van der Waals surface area contributed by atoms with Crippen molar-refractivity contribution in [2.75, 3.05) is 13.1 Å². The van der Waals surface area contributed by atoms with Crippen LogP contribution in [0.4, 0.5) is 9.59 Å². The summed E-state index contributed by atoms with van der Waals surface area (Å²) in [6.45, 7) is 16.5. The maximum absolute atomic E-state index is 12.5. The quantitative estimate of drug-likeness (QED) is 0.368. The Morgan fingerprint density at radius 2 is 0.912 bits per heavy atom. The van der Waals surface area contributed by atoms with Crippen LogP contribution in [-0.2, 0) is 23.9 Å². The van der Waals surface area contributed by atoms with Gasteiger partial charge < -0.3 is 30.7 Å². The van der Waals surface area contributed by atoms with Crippen LogP contribution in [0.15, 0.2) is 0 Å². The van der Waals surface area contributed by atoms with E-state index in [0.29, 0.717) is 0 Å². The summed E-state index contributed by atoms with van der Waals surface area (Å²) in [5.41, 5.74) is -1.44. The average molecular weight is 487 g/mol. The molecule has 0 radical (unpaired) electrons. The first-order valence-electron chi connectivity index (χ1n) is 11.4. The third-order valence-electron chi connectivity index (χ3n) is 4.16. The lowest BCUT2D eigenvalue weighted by atomic mass is 10.0. The van der Waals surface area contributed by atoms with E-state index in [4.69, 9.17) is 9.47 Å². The van der Waals surface area contributed by atoms with Crippen molar-refractivity contribution in [3.63, 3.8) is 0 Å². The summed E-state index contributed by atoms with van der Waals surface area (Å²) < 4.78 is 10.3. The number of Topliss-reactive ketones (excluding diaryl/α,β-unsaturated/α-hetero) is 1. The summed E-state index contributed by atoms with van der Waals surface area (Å²) in [7, 11) is 0. The fraction of sp³-hybridized carbons (Fsp3) is 0.783. The van der Waals surface area contributed by atoms with Gasteiger partial charge in [0.05, 0.1) is 13.1 Å². The number of hydrogen-bond acceptors (Lipinski definition) is 7. The van der Waals surface area contributed by atoms with Gasteiger partial charge in [0.15, 0.2) is 5.78 Å². The molecule has 0 fully saturated rings. The van der Waals surface area contributed by atoms with Crippen molar-refractivity contribution < 1.29 is 33.4 Å². The first-order chi connectivity index (χ1) is 15.3. The number of carbonyl (C=O) groups is 5. The molecule has 4 N–H and O–H groups in total. The molecule has 2 atom stereocenters. The molecule has 11 nitrogen and oxygen atoms in total. The zero-order valence-corrected chi connectivity index (χ0v) is 22.1. The van der Waals surface area contributed by atoms with Crippen molar-refractivity contribution in [1.29, 1.82) is 0 Å². The van der Waals surface area contributed by atoms with E-state index in [9.17, 15) is 24.0 Å². The summed E-state index contributed by atoms with van der Waals surface area (Å²) in [6.07, 6.45) is -1.48. The summed E-state index contributed by atoms with van der Waals surface area (Å²) in [5.74, 6) is -2.07. The van der Waals surface area contributed by atoms with E-state index < -0.39 is 53.1 Å². The molecular weight excluding hydrogens is 444 g/mol. The van der Waals surface area contributed by atoms with Crippen molar-refractivity contribution >= 4 is 29.8 Å². The van der Waals surface area contributed by atoms with Crippen LogP contribution in [0.1, 0.15) is 69.2 Å². The molecular formula is C23H42N4O7. The summed E-state index contributed by atoms with van der Waals surface area (Å²) in [4.78, 5) is 61.2. The monoisotopic (exact) mass is 486 g/mol. The van der Waals surface area contributed by atoms with Crippen LogP contribution in [0, 0.1) is 11.8 Å². The number of hydrogen-bond donors (Lipinski definition) is 4. The molecule has 0 aliphatic carbocycles. The van der Waals surface area contributed by atoms with E-state index in [2.05, 4.69) is 21.3 Å². The Labute approximate surface area is 202 Å². The minimum absolute atomic E-state index is 0.256. The Balaban J connectivity index is 4.76. The Hall–Kier alpha value is -2.85. The van der Waals surface area contributed by atoms with Gasteiger partial charge in [0.25, 0.3) is 0 Å². The van der Waals surface area contributed by atoms with E-state index in [1.807, 2.05) is 0 Å². The second-order valence-corrected chi connectivity index (χ2v) is 10.7. The maximum atomic E-state index is 12.5. The van der Waals surface area contributed by atoms with Crippen LogP contribution in [0.2, 0.25) is 0 Å². The lowest BCUT2D eigenvalue weighted by molar-refractivity contribution is -0.128. The first kappa shape index (κ1) is 31.1. The van der Waals surface area contributed by atoms with Crippen LogP contribution >= 0.6 is 0 Å². The van der Waals surface area contributed by atoms with Gasteiger partial charge in [0, 0.05) is 0 Å². The second-order valence-electron chi connectivity index (χ2n) is 10.7. The molecule has 0 unspecified atom stereocenters. The fourth-order valence-electron chi connectivity index (χ4n) is 2.59. The topological polar surface area (TPSA) is 152 Å². The van der Waals surface area contributed by atoms with Gasteiger partial charge in [-0.1, -0.05) is 27.7 Å². The standard InChI is InChI=1S/C23H42N4O7/c1-13(2)16(26-20(31)33-22(5,6)7)18(29)24-11-15(28)12-25-19(30)17(14(3)4)27-21(32)34-23(8,9)10/h13-14,16-17H,11-12H2,1-10H3,(H,24,29)(H,25,30)(H,26,31)(H,27,32)/t16-,17-/m0/s1. The predicted molar refractivity (Wildman–Crippen MR) is 127 cm³/mol. The molecule has 4 amide bonds. The Kier molecular flexibility index (Phi) is 12.0. The van der Waals surface area contributed by atoms with Crippen LogP contribution in [0.3, 0.4) is 0 Å². The number of rotatable bonds is 10. The zero-order chi connectivity index (χ0) is 26.9. The molecule has 0 aliphatic rings. The molecule has 0 aliphatic heterocycles. The zero-order valence-electron chi connectivity index (χ0n) is 22.1. The molecule has 196 valence electrons. The lowest BCUT2D eigenvalue weighted by Gasteiger charge is -2.25. The number of alkyl carbamates (subject to hydrolysis) is 2. The highest BCUT2D eigenvalue weighted by Gasteiger charge is 2.29. The van der Waals surface area contributed by atoms with Crippen molar-refractivity contribution in [2.24, 2.45) is 11.8 Å². The van der Waals surface area contributed by atoms with Gasteiger partial charge in [-0.2, -0.15) is 0 Å². The maximum Gasteiger partial charge on any atom is 0.408 e. The third kappa shape index (κ3) is 13.6. The number of amides is 4. The van der Waals surface area contributed by atoms with Crippen molar-refractivity contribution in [3.8, 4) is 0 Å². The van der Waals surface area contributed by atoms with Gasteiger partial charge in [-0.15, -0.1) is 0 Å². The highest BCUT2D eigenvalue weighted by molar-refractivity contribution is 5.93. The van der Waals surface area contributed by atoms with Crippen LogP contribution < -0.4 is 21.3 Å². The van der Waals surface area contributed by atoms with Gasteiger partial charge in [-0.25, -0.2) is 9.59 Å².